The zero-order valence-corrected chi connectivity index (χ0v) is 9.52. The molecule has 0 aliphatic carbocycles. The minimum Gasteiger partial charge on any atom is -0.481 e. The molecule has 0 aliphatic rings. The van der Waals surface area contributed by atoms with Gasteiger partial charge in [-0.25, -0.2) is 0 Å². The molecule has 0 fully saturated rings. The SMILES string of the molecule is Cc1cn[nH]c1C(=O)N(C)CC(C)C(=O)O. The Labute approximate surface area is 93.3 Å². The first-order valence-corrected chi connectivity index (χ1v) is 4.91. The Morgan fingerprint density at radius 2 is 2.25 bits per heavy atom. The maximum Gasteiger partial charge on any atom is 0.308 e. The summed E-state index contributed by atoms with van der Waals surface area (Å²) in [4.78, 5) is 23.9. The van der Waals surface area contributed by atoms with Crippen LogP contribution in [0, 0.1) is 12.8 Å². The molecular weight excluding hydrogens is 210 g/mol. The lowest BCUT2D eigenvalue weighted by Crippen LogP contribution is -2.34. The van der Waals surface area contributed by atoms with Gasteiger partial charge >= 0.3 is 5.97 Å². The van der Waals surface area contributed by atoms with Crippen LogP contribution in [0.1, 0.15) is 23.0 Å². The number of carbonyl (C=O) groups is 2. The van der Waals surface area contributed by atoms with E-state index in [1.54, 1.807) is 27.1 Å². The van der Waals surface area contributed by atoms with E-state index in [4.69, 9.17) is 5.11 Å². The number of aromatic nitrogens is 2. The van der Waals surface area contributed by atoms with E-state index >= 15 is 0 Å². The number of carbonyl (C=O) groups excluding carboxylic acids is 1. The number of H-pyrrole nitrogens is 1. The van der Waals surface area contributed by atoms with Crippen LogP contribution in [0.25, 0.3) is 0 Å². The molecule has 16 heavy (non-hydrogen) atoms. The van der Waals surface area contributed by atoms with Crippen molar-refractivity contribution in [2.75, 3.05) is 13.6 Å². The number of amides is 1. The molecule has 1 atom stereocenters. The summed E-state index contributed by atoms with van der Waals surface area (Å²) < 4.78 is 0. The van der Waals surface area contributed by atoms with Crippen molar-refractivity contribution in [2.24, 2.45) is 5.92 Å². The Morgan fingerprint density at radius 3 is 2.69 bits per heavy atom. The lowest BCUT2D eigenvalue weighted by Gasteiger charge is -2.18. The fourth-order valence-corrected chi connectivity index (χ4v) is 1.33. The van der Waals surface area contributed by atoms with E-state index in [1.165, 1.54) is 4.90 Å². The van der Waals surface area contributed by atoms with Crippen LogP contribution in [0.5, 0.6) is 0 Å². The van der Waals surface area contributed by atoms with Crippen molar-refractivity contribution in [2.45, 2.75) is 13.8 Å². The number of rotatable bonds is 4. The quantitative estimate of drug-likeness (QED) is 0.781. The summed E-state index contributed by atoms with van der Waals surface area (Å²) in [7, 11) is 1.57. The highest BCUT2D eigenvalue weighted by atomic mass is 16.4. The van der Waals surface area contributed by atoms with Gasteiger partial charge in [0.15, 0.2) is 0 Å². The lowest BCUT2D eigenvalue weighted by atomic mass is 10.1. The largest absolute Gasteiger partial charge is 0.481 e. The molecule has 0 saturated carbocycles. The van der Waals surface area contributed by atoms with Gasteiger partial charge < -0.3 is 10.0 Å². The van der Waals surface area contributed by atoms with Gasteiger partial charge in [0.1, 0.15) is 5.69 Å². The number of nitrogens with one attached hydrogen (secondary N) is 1. The Bertz CT molecular complexity index is 400. The van der Waals surface area contributed by atoms with E-state index in [1.807, 2.05) is 0 Å². The van der Waals surface area contributed by atoms with Crippen LogP contribution in [0.3, 0.4) is 0 Å². The number of carboxylic acid groups (broad SMARTS) is 1. The highest BCUT2D eigenvalue weighted by Gasteiger charge is 2.20. The van der Waals surface area contributed by atoms with E-state index < -0.39 is 11.9 Å². The maximum absolute atomic E-state index is 11.8. The van der Waals surface area contributed by atoms with Gasteiger partial charge in [-0.3, -0.25) is 14.7 Å². The molecule has 1 unspecified atom stereocenters. The fourth-order valence-electron chi connectivity index (χ4n) is 1.33. The van der Waals surface area contributed by atoms with E-state index in [2.05, 4.69) is 10.2 Å². The number of carboxylic acids is 1. The Hall–Kier alpha value is -1.85. The number of nitrogens with zero attached hydrogens (tertiary/aromatic N) is 2. The van der Waals surface area contributed by atoms with Crippen LogP contribution in [0.2, 0.25) is 0 Å². The first-order chi connectivity index (χ1) is 7.43. The predicted octanol–water partition coefficient (Wildman–Crippen LogP) is 0.511. The van der Waals surface area contributed by atoms with Gasteiger partial charge in [0, 0.05) is 13.6 Å². The van der Waals surface area contributed by atoms with Crippen molar-refractivity contribution in [3.8, 4) is 0 Å². The van der Waals surface area contributed by atoms with E-state index in [-0.39, 0.29) is 12.5 Å². The van der Waals surface area contributed by atoms with Crippen LogP contribution in [-0.4, -0.2) is 45.7 Å². The fraction of sp³-hybridized carbons (Fsp3) is 0.500. The molecule has 6 heteroatoms. The topological polar surface area (TPSA) is 86.3 Å². The monoisotopic (exact) mass is 225 g/mol. The summed E-state index contributed by atoms with van der Waals surface area (Å²) >= 11 is 0. The number of hydrogen-bond donors (Lipinski definition) is 2. The molecule has 1 rings (SSSR count). The van der Waals surface area contributed by atoms with Gasteiger partial charge in [-0.15, -0.1) is 0 Å². The standard InChI is InChI=1S/C10H15N3O3/c1-6-4-11-12-8(6)9(14)13(3)5-7(2)10(15)16/h4,7H,5H2,1-3H3,(H,11,12)(H,15,16). The van der Waals surface area contributed by atoms with E-state index in [0.29, 0.717) is 5.69 Å². The molecule has 6 nitrogen and oxygen atoms in total. The zero-order chi connectivity index (χ0) is 12.3. The third-order valence-corrected chi connectivity index (χ3v) is 2.36. The average molecular weight is 225 g/mol. The third-order valence-electron chi connectivity index (χ3n) is 2.36. The molecule has 2 N–H and O–H groups in total. The van der Waals surface area contributed by atoms with E-state index in [9.17, 15) is 9.59 Å². The van der Waals surface area contributed by atoms with Gasteiger partial charge in [0.25, 0.3) is 5.91 Å². The molecule has 1 aromatic rings. The molecule has 1 heterocycles. The van der Waals surface area contributed by atoms with Gasteiger partial charge in [-0.1, -0.05) is 6.92 Å². The predicted molar refractivity (Wildman–Crippen MR) is 57.1 cm³/mol. The Balaban J connectivity index is 2.69. The first-order valence-electron chi connectivity index (χ1n) is 4.91. The molecule has 88 valence electrons. The minimum atomic E-state index is -0.916. The molecule has 1 amide bonds. The molecule has 0 bridgehead atoms. The van der Waals surface area contributed by atoms with Crippen molar-refractivity contribution in [3.63, 3.8) is 0 Å². The van der Waals surface area contributed by atoms with E-state index in [0.717, 1.165) is 5.56 Å². The molecule has 0 radical (unpaired) electrons. The van der Waals surface area contributed by atoms with Crippen molar-refractivity contribution >= 4 is 11.9 Å². The van der Waals surface area contributed by atoms with Gasteiger partial charge in [-0.2, -0.15) is 5.10 Å². The van der Waals surface area contributed by atoms with Gasteiger partial charge in [0.2, 0.25) is 0 Å². The van der Waals surface area contributed by atoms with Crippen molar-refractivity contribution in [1.82, 2.24) is 15.1 Å². The summed E-state index contributed by atoms with van der Waals surface area (Å²) in [6.07, 6.45) is 1.56. The van der Waals surface area contributed by atoms with Crippen LogP contribution >= 0.6 is 0 Å². The maximum atomic E-state index is 11.8. The van der Waals surface area contributed by atoms with Crippen molar-refractivity contribution in [3.05, 3.63) is 17.5 Å². The van der Waals surface area contributed by atoms with Gasteiger partial charge in [0.05, 0.1) is 12.1 Å². The number of aryl methyl sites for hydroxylation is 1. The van der Waals surface area contributed by atoms with Crippen LogP contribution < -0.4 is 0 Å². The summed E-state index contributed by atoms with van der Waals surface area (Å²) in [6.45, 7) is 3.50. The Kier molecular flexibility index (Phi) is 3.65. The Morgan fingerprint density at radius 1 is 1.62 bits per heavy atom. The summed E-state index contributed by atoms with van der Waals surface area (Å²) in [5.41, 5.74) is 1.15. The second-order valence-electron chi connectivity index (χ2n) is 3.85. The van der Waals surface area contributed by atoms with Crippen molar-refractivity contribution < 1.29 is 14.7 Å². The summed E-state index contributed by atoms with van der Waals surface area (Å²) in [6, 6.07) is 0. The zero-order valence-electron chi connectivity index (χ0n) is 9.52. The normalized spacial score (nSPS) is 12.2. The van der Waals surface area contributed by atoms with Crippen LogP contribution in [0.4, 0.5) is 0 Å². The average Bonchev–Trinajstić information content (AvgIpc) is 2.62. The molecule has 1 aromatic heterocycles. The molecular formula is C10H15N3O3. The second kappa shape index (κ2) is 4.78. The van der Waals surface area contributed by atoms with Gasteiger partial charge in [-0.05, 0) is 12.5 Å². The first kappa shape index (κ1) is 12.2. The lowest BCUT2D eigenvalue weighted by molar-refractivity contribution is -0.141. The third kappa shape index (κ3) is 2.59. The molecule has 0 aliphatic heterocycles. The minimum absolute atomic E-state index is 0.173. The highest BCUT2D eigenvalue weighted by Crippen LogP contribution is 2.07. The number of aromatic amines is 1. The summed E-state index contributed by atoms with van der Waals surface area (Å²) in [5.74, 6) is -1.75. The smallest absolute Gasteiger partial charge is 0.308 e. The number of aliphatic carboxylic acids is 1. The highest BCUT2D eigenvalue weighted by molar-refractivity contribution is 5.93. The van der Waals surface area contributed by atoms with Crippen LogP contribution in [0.15, 0.2) is 6.20 Å². The molecule has 0 spiro atoms. The van der Waals surface area contributed by atoms with Crippen LogP contribution in [-0.2, 0) is 4.79 Å². The van der Waals surface area contributed by atoms with Crippen molar-refractivity contribution in [1.29, 1.82) is 0 Å². The molecule has 0 aromatic carbocycles. The summed E-state index contributed by atoms with van der Waals surface area (Å²) in [5, 5.41) is 15.1. The second-order valence-corrected chi connectivity index (χ2v) is 3.85. The molecule has 0 saturated heterocycles. The number of hydrogen-bond acceptors (Lipinski definition) is 3.